The predicted octanol–water partition coefficient (Wildman–Crippen LogP) is 0.785. The lowest BCUT2D eigenvalue weighted by atomic mass is 10.2. The minimum absolute atomic E-state index is 0.0996. The van der Waals surface area contributed by atoms with Crippen molar-refractivity contribution in [3.63, 3.8) is 0 Å². The smallest absolute Gasteiger partial charge is 0.296 e. The van der Waals surface area contributed by atoms with Crippen molar-refractivity contribution < 1.29 is 9.53 Å². The van der Waals surface area contributed by atoms with Crippen LogP contribution in [-0.2, 0) is 9.53 Å². The van der Waals surface area contributed by atoms with E-state index in [1.54, 1.807) is 17.1 Å². The molecular weight excluding hydrogens is 232 g/mol. The van der Waals surface area contributed by atoms with Gasteiger partial charge in [-0.2, -0.15) is 10.1 Å². The van der Waals surface area contributed by atoms with Crippen LogP contribution < -0.4 is 5.73 Å². The lowest BCUT2D eigenvalue weighted by Crippen LogP contribution is -2.13. The Bertz CT molecular complexity index is 618. The van der Waals surface area contributed by atoms with Crippen molar-refractivity contribution in [3.8, 4) is 5.69 Å². The first-order valence-corrected chi connectivity index (χ1v) is 5.39. The summed E-state index contributed by atoms with van der Waals surface area (Å²) in [5, 5.41) is 4.18. The van der Waals surface area contributed by atoms with Crippen molar-refractivity contribution in [2.75, 3.05) is 0 Å². The van der Waals surface area contributed by atoms with Crippen molar-refractivity contribution in [1.29, 1.82) is 0 Å². The molecule has 1 unspecified atom stereocenters. The zero-order valence-electron chi connectivity index (χ0n) is 9.35. The minimum Gasteiger partial charge on any atom is -0.446 e. The molecule has 2 aromatic rings. The molecule has 1 aromatic heterocycles. The van der Waals surface area contributed by atoms with Crippen LogP contribution >= 0.6 is 0 Å². The maximum absolute atomic E-state index is 11.5. The summed E-state index contributed by atoms with van der Waals surface area (Å²) in [5.74, 6) is -0.403. The van der Waals surface area contributed by atoms with Gasteiger partial charge in [0.2, 0.25) is 6.10 Å². The van der Waals surface area contributed by atoms with Gasteiger partial charge in [-0.1, -0.05) is 18.2 Å². The highest BCUT2D eigenvalue weighted by Crippen LogP contribution is 2.23. The number of hydrogen-bond acceptors (Lipinski definition) is 4. The normalized spacial score (nSPS) is 18.6. The molecule has 0 fully saturated rings. The Hall–Kier alpha value is -2.63. The number of nitrogens with two attached hydrogens (primary N) is 1. The summed E-state index contributed by atoms with van der Waals surface area (Å²) in [6, 6.07) is 9.48. The lowest BCUT2D eigenvalue weighted by molar-refractivity contribution is -0.122. The third-order valence-electron chi connectivity index (χ3n) is 2.61. The second-order valence-corrected chi connectivity index (χ2v) is 3.84. The zero-order valence-corrected chi connectivity index (χ0v) is 9.35. The van der Waals surface area contributed by atoms with Gasteiger partial charge in [-0.05, 0) is 12.1 Å². The number of benzene rings is 1. The van der Waals surface area contributed by atoms with Gasteiger partial charge in [0.25, 0.3) is 11.9 Å². The van der Waals surface area contributed by atoms with Crippen LogP contribution in [-0.4, -0.2) is 21.7 Å². The molecule has 6 heteroatoms. The number of rotatable bonds is 2. The highest BCUT2D eigenvalue weighted by atomic mass is 16.5. The molecule has 0 radical (unpaired) electrons. The topological polar surface area (TPSA) is 82.5 Å². The van der Waals surface area contributed by atoms with Gasteiger partial charge in [0.1, 0.15) is 0 Å². The van der Waals surface area contributed by atoms with Crippen LogP contribution in [0.15, 0.2) is 47.7 Å². The summed E-state index contributed by atoms with van der Waals surface area (Å²) in [7, 11) is 0. The van der Waals surface area contributed by atoms with Crippen LogP contribution in [0.2, 0.25) is 0 Å². The van der Waals surface area contributed by atoms with Crippen molar-refractivity contribution in [2.45, 2.75) is 6.10 Å². The molecule has 1 amide bonds. The molecule has 0 spiro atoms. The average Bonchev–Trinajstić information content (AvgIpc) is 2.97. The van der Waals surface area contributed by atoms with Crippen molar-refractivity contribution in [2.24, 2.45) is 10.7 Å². The van der Waals surface area contributed by atoms with Gasteiger partial charge in [-0.25, -0.2) is 4.68 Å². The fourth-order valence-corrected chi connectivity index (χ4v) is 1.77. The third-order valence-corrected chi connectivity index (χ3v) is 2.61. The average molecular weight is 242 g/mol. The molecule has 6 nitrogen and oxygen atoms in total. The number of ether oxygens (including phenoxy) is 1. The van der Waals surface area contributed by atoms with E-state index >= 15 is 0 Å². The number of carbonyl (C=O) groups is 1. The predicted molar refractivity (Wildman–Crippen MR) is 64.0 cm³/mol. The van der Waals surface area contributed by atoms with E-state index in [0.29, 0.717) is 5.56 Å². The number of aromatic nitrogens is 2. The monoisotopic (exact) mass is 242 g/mol. The van der Waals surface area contributed by atoms with E-state index in [1.165, 1.54) is 0 Å². The maximum atomic E-state index is 11.5. The highest BCUT2D eigenvalue weighted by Gasteiger charge is 2.30. The number of aliphatic imine (C=N–C) groups is 1. The molecule has 1 atom stereocenters. The van der Waals surface area contributed by atoms with Gasteiger partial charge >= 0.3 is 0 Å². The molecule has 2 N–H and O–H groups in total. The first kappa shape index (κ1) is 10.5. The van der Waals surface area contributed by atoms with Gasteiger partial charge in [-0.15, -0.1) is 0 Å². The zero-order chi connectivity index (χ0) is 12.5. The van der Waals surface area contributed by atoms with Gasteiger partial charge in [-0.3, -0.25) is 4.79 Å². The van der Waals surface area contributed by atoms with Gasteiger partial charge < -0.3 is 10.5 Å². The molecule has 2 heterocycles. The maximum Gasteiger partial charge on any atom is 0.296 e. The molecule has 90 valence electrons. The third kappa shape index (κ3) is 1.73. The van der Waals surface area contributed by atoms with E-state index in [2.05, 4.69) is 10.1 Å². The molecule has 18 heavy (non-hydrogen) atoms. The molecule has 0 saturated carbocycles. The van der Waals surface area contributed by atoms with Crippen LogP contribution in [0.5, 0.6) is 0 Å². The van der Waals surface area contributed by atoms with E-state index in [1.807, 2.05) is 30.3 Å². The van der Waals surface area contributed by atoms with Crippen LogP contribution in [0.3, 0.4) is 0 Å². The Morgan fingerprint density at radius 3 is 2.72 bits per heavy atom. The molecule has 1 aromatic carbocycles. The second-order valence-electron chi connectivity index (χ2n) is 3.84. The number of amidine groups is 1. The molecule has 3 rings (SSSR count). The summed E-state index contributed by atoms with van der Waals surface area (Å²) in [4.78, 5) is 15.0. The Balaban J connectivity index is 1.89. The lowest BCUT2D eigenvalue weighted by Gasteiger charge is -2.04. The second kappa shape index (κ2) is 3.99. The first-order chi connectivity index (χ1) is 8.74. The number of para-hydroxylation sites is 1. The standard InChI is InChI=1S/C12H10N4O2/c13-12-15-11(17)10(18-12)8-6-14-16(7-8)9-4-2-1-3-5-9/h1-7,10H,(H2,13,15,17). The Labute approximate surface area is 103 Å². The molecule has 0 aliphatic carbocycles. The summed E-state index contributed by atoms with van der Waals surface area (Å²) >= 11 is 0. The number of amides is 1. The van der Waals surface area contributed by atoms with Crippen LogP contribution in [0.1, 0.15) is 11.7 Å². The van der Waals surface area contributed by atoms with E-state index in [4.69, 9.17) is 10.5 Å². The van der Waals surface area contributed by atoms with Crippen molar-refractivity contribution in [1.82, 2.24) is 9.78 Å². The van der Waals surface area contributed by atoms with E-state index < -0.39 is 12.0 Å². The Kier molecular flexibility index (Phi) is 2.33. The van der Waals surface area contributed by atoms with Gasteiger partial charge in [0.05, 0.1) is 11.9 Å². The number of nitrogens with zero attached hydrogens (tertiary/aromatic N) is 3. The summed E-state index contributed by atoms with van der Waals surface area (Å²) in [6.07, 6.45) is 2.53. The summed E-state index contributed by atoms with van der Waals surface area (Å²) in [5.41, 5.74) is 6.89. The van der Waals surface area contributed by atoms with Crippen molar-refractivity contribution in [3.05, 3.63) is 48.3 Å². The number of carbonyl (C=O) groups excluding carboxylic acids is 1. The number of hydrogen-bond donors (Lipinski definition) is 1. The summed E-state index contributed by atoms with van der Waals surface area (Å²) in [6.45, 7) is 0. The molecular formula is C12H10N4O2. The molecule has 1 aliphatic heterocycles. The Morgan fingerprint density at radius 2 is 2.06 bits per heavy atom. The Morgan fingerprint density at radius 1 is 1.28 bits per heavy atom. The SMILES string of the molecule is NC1=NC(=O)C(c2cnn(-c3ccccc3)c2)O1. The first-order valence-electron chi connectivity index (χ1n) is 5.39. The summed E-state index contributed by atoms with van der Waals surface area (Å²) < 4.78 is 6.80. The van der Waals surface area contributed by atoms with Gasteiger partial charge in [0.15, 0.2) is 0 Å². The molecule has 0 saturated heterocycles. The van der Waals surface area contributed by atoms with E-state index in [9.17, 15) is 4.79 Å². The van der Waals surface area contributed by atoms with Crippen LogP contribution in [0.25, 0.3) is 5.69 Å². The van der Waals surface area contributed by atoms with Gasteiger partial charge in [0, 0.05) is 11.8 Å². The largest absolute Gasteiger partial charge is 0.446 e. The minimum atomic E-state index is -0.775. The van der Waals surface area contributed by atoms with E-state index in [-0.39, 0.29) is 6.02 Å². The quantitative estimate of drug-likeness (QED) is 0.843. The van der Waals surface area contributed by atoms with E-state index in [0.717, 1.165) is 5.69 Å². The fourth-order valence-electron chi connectivity index (χ4n) is 1.77. The fraction of sp³-hybridized carbons (Fsp3) is 0.0833. The van der Waals surface area contributed by atoms with Crippen molar-refractivity contribution >= 4 is 11.9 Å². The van der Waals surface area contributed by atoms with Crippen LogP contribution in [0.4, 0.5) is 0 Å². The highest BCUT2D eigenvalue weighted by molar-refractivity contribution is 5.98. The molecule has 0 bridgehead atoms. The molecule has 1 aliphatic rings. The van der Waals surface area contributed by atoms with Crippen LogP contribution in [0, 0.1) is 0 Å².